The van der Waals surface area contributed by atoms with Crippen molar-refractivity contribution in [3.05, 3.63) is 59.1 Å². The molecule has 1 N–H and O–H groups in total. The molecule has 2 aromatic rings. The van der Waals surface area contributed by atoms with Gasteiger partial charge in [0.25, 0.3) is 0 Å². The maximum atomic E-state index is 12.9. The lowest BCUT2D eigenvalue weighted by atomic mass is 10.2. The second-order valence-electron chi connectivity index (χ2n) is 7.22. The van der Waals surface area contributed by atoms with Crippen molar-refractivity contribution < 1.29 is 9.59 Å². The van der Waals surface area contributed by atoms with Crippen LogP contribution in [0.15, 0.2) is 53.5 Å². The van der Waals surface area contributed by atoms with Gasteiger partial charge in [-0.1, -0.05) is 42.4 Å². The molecule has 7 heteroatoms. The quantitative estimate of drug-likeness (QED) is 0.703. The number of rotatable bonds is 6. The number of thioether (sulfide) groups is 1. The van der Waals surface area contributed by atoms with E-state index in [0.717, 1.165) is 24.9 Å². The third-order valence-electron chi connectivity index (χ3n) is 4.95. The van der Waals surface area contributed by atoms with E-state index >= 15 is 0 Å². The summed E-state index contributed by atoms with van der Waals surface area (Å²) in [5.41, 5.74) is 2.74. The van der Waals surface area contributed by atoms with E-state index in [4.69, 9.17) is 16.6 Å². The van der Waals surface area contributed by atoms with Crippen LogP contribution in [-0.4, -0.2) is 33.2 Å². The van der Waals surface area contributed by atoms with Crippen LogP contribution in [0, 0.1) is 0 Å². The molecule has 150 valence electrons. The number of hydrogen-bond acceptors (Lipinski definition) is 4. The van der Waals surface area contributed by atoms with Crippen LogP contribution in [0.4, 0.5) is 11.4 Å². The van der Waals surface area contributed by atoms with E-state index in [2.05, 4.69) is 24.4 Å². The van der Waals surface area contributed by atoms with Crippen molar-refractivity contribution in [2.45, 2.75) is 43.9 Å². The number of aryl methyl sites for hydroxylation is 1. The number of amidine groups is 1. The highest BCUT2D eigenvalue weighted by Crippen LogP contribution is 2.39. The van der Waals surface area contributed by atoms with Gasteiger partial charge >= 0.3 is 0 Å². The Labute approximate surface area is 179 Å². The van der Waals surface area contributed by atoms with Crippen molar-refractivity contribution in [2.75, 3.05) is 5.32 Å². The highest BCUT2D eigenvalue weighted by atomic mass is 35.5. The number of carbonyl (C=O) groups is 2. The van der Waals surface area contributed by atoms with Gasteiger partial charge in [0.05, 0.1) is 5.69 Å². The molecule has 0 radical (unpaired) electrons. The van der Waals surface area contributed by atoms with E-state index in [1.807, 2.05) is 12.1 Å². The average Bonchev–Trinajstić information content (AvgIpc) is 3.50. The third-order valence-corrected chi connectivity index (χ3v) is 6.35. The summed E-state index contributed by atoms with van der Waals surface area (Å²) in [6.45, 7) is 2.11. The molecule has 1 atom stereocenters. The first-order valence-electron chi connectivity index (χ1n) is 9.76. The Morgan fingerprint density at radius 1 is 1.17 bits per heavy atom. The maximum absolute atomic E-state index is 12.9. The zero-order valence-electron chi connectivity index (χ0n) is 16.1. The second-order valence-corrected chi connectivity index (χ2v) is 8.83. The number of anilines is 1. The minimum atomic E-state index is -0.448. The summed E-state index contributed by atoms with van der Waals surface area (Å²) in [5, 5.41) is 3.69. The summed E-state index contributed by atoms with van der Waals surface area (Å²) >= 11 is 7.26. The van der Waals surface area contributed by atoms with Crippen molar-refractivity contribution in [1.82, 2.24) is 4.90 Å². The van der Waals surface area contributed by atoms with E-state index in [1.54, 1.807) is 29.2 Å². The first kappa shape index (κ1) is 20.0. The normalized spacial score (nSPS) is 20.3. The van der Waals surface area contributed by atoms with Gasteiger partial charge in [-0.05, 0) is 61.2 Å². The SMILES string of the molecule is CCc1ccc(N=C2SC(CC(=O)Nc3ccc(Cl)cc3)C(=O)N2C2CC2)cc1. The zero-order valence-corrected chi connectivity index (χ0v) is 17.7. The lowest BCUT2D eigenvalue weighted by molar-refractivity contribution is -0.128. The third kappa shape index (κ3) is 4.82. The van der Waals surface area contributed by atoms with Crippen LogP contribution >= 0.6 is 23.4 Å². The number of nitrogens with zero attached hydrogens (tertiary/aromatic N) is 2. The van der Waals surface area contributed by atoms with Gasteiger partial charge in [0, 0.05) is 23.2 Å². The fraction of sp³-hybridized carbons (Fsp3) is 0.318. The van der Waals surface area contributed by atoms with Crippen molar-refractivity contribution in [1.29, 1.82) is 0 Å². The number of carbonyl (C=O) groups excluding carboxylic acids is 2. The molecular formula is C22H22ClN3O2S. The predicted octanol–water partition coefficient (Wildman–Crippen LogP) is 5.03. The van der Waals surface area contributed by atoms with E-state index in [-0.39, 0.29) is 24.3 Å². The molecule has 2 amide bonds. The number of halogens is 1. The average molecular weight is 428 g/mol. The lowest BCUT2D eigenvalue weighted by Gasteiger charge is -2.15. The van der Waals surface area contributed by atoms with Gasteiger partial charge < -0.3 is 5.32 Å². The first-order valence-corrected chi connectivity index (χ1v) is 11.0. The highest BCUT2D eigenvalue weighted by Gasteiger charge is 2.46. The van der Waals surface area contributed by atoms with Gasteiger partial charge in [0.1, 0.15) is 5.25 Å². The molecule has 1 heterocycles. The standard InChI is InChI=1S/C22H22ClN3O2S/c1-2-14-3-7-17(8-4-14)25-22-26(18-11-12-18)21(28)19(29-22)13-20(27)24-16-9-5-15(23)6-10-16/h3-10,18-19H,2,11-13H2,1H3,(H,24,27). The van der Waals surface area contributed by atoms with Crippen molar-refractivity contribution >= 4 is 51.7 Å². The van der Waals surface area contributed by atoms with E-state index in [0.29, 0.717) is 15.9 Å². The fourth-order valence-corrected chi connectivity index (χ4v) is 4.53. The molecule has 0 aromatic heterocycles. The van der Waals surface area contributed by atoms with Gasteiger partial charge in [0.2, 0.25) is 11.8 Å². The molecule has 2 fully saturated rings. The lowest BCUT2D eigenvalue weighted by Crippen LogP contribution is -2.35. The summed E-state index contributed by atoms with van der Waals surface area (Å²) in [7, 11) is 0. The largest absolute Gasteiger partial charge is 0.326 e. The smallest absolute Gasteiger partial charge is 0.242 e. The molecule has 1 unspecified atom stereocenters. The number of nitrogens with one attached hydrogen (secondary N) is 1. The Morgan fingerprint density at radius 2 is 1.86 bits per heavy atom. The van der Waals surface area contributed by atoms with Gasteiger partial charge in [0.15, 0.2) is 5.17 Å². The van der Waals surface area contributed by atoms with Crippen LogP contribution in [0.3, 0.4) is 0 Å². The van der Waals surface area contributed by atoms with Crippen LogP contribution in [0.5, 0.6) is 0 Å². The first-order chi connectivity index (χ1) is 14.0. The van der Waals surface area contributed by atoms with Crippen LogP contribution in [0.2, 0.25) is 5.02 Å². The topological polar surface area (TPSA) is 61.8 Å². The summed E-state index contributed by atoms with van der Waals surface area (Å²) < 4.78 is 0. The molecule has 1 aliphatic carbocycles. The molecule has 0 spiro atoms. The van der Waals surface area contributed by atoms with Crippen LogP contribution < -0.4 is 5.32 Å². The van der Waals surface area contributed by atoms with Crippen LogP contribution in [0.1, 0.15) is 31.7 Å². The van der Waals surface area contributed by atoms with Gasteiger partial charge in [-0.15, -0.1) is 0 Å². The van der Waals surface area contributed by atoms with Crippen molar-refractivity contribution in [3.8, 4) is 0 Å². The van der Waals surface area contributed by atoms with Crippen molar-refractivity contribution in [3.63, 3.8) is 0 Å². The summed E-state index contributed by atoms with van der Waals surface area (Å²) in [6.07, 6.45) is 3.07. The molecule has 0 bridgehead atoms. The molecule has 1 saturated heterocycles. The Balaban J connectivity index is 1.47. The molecule has 1 aliphatic heterocycles. The van der Waals surface area contributed by atoms with E-state index in [9.17, 15) is 9.59 Å². The molecule has 5 nitrogen and oxygen atoms in total. The van der Waals surface area contributed by atoms with Crippen molar-refractivity contribution in [2.24, 2.45) is 4.99 Å². The van der Waals surface area contributed by atoms with E-state index < -0.39 is 5.25 Å². The second kappa shape index (κ2) is 8.59. The summed E-state index contributed by atoms with van der Waals surface area (Å²) in [6, 6.07) is 15.2. The number of hydrogen-bond donors (Lipinski definition) is 1. The maximum Gasteiger partial charge on any atom is 0.242 e. The van der Waals surface area contributed by atoms with Crippen LogP contribution in [-0.2, 0) is 16.0 Å². The summed E-state index contributed by atoms with van der Waals surface area (Å²) in [4.78, 5) is 31.9. The minimum Gasteiger partial charge on any atom is -0.326 e. The molecule has 1 saturated carbocycles. The monoisotopic (exact) mass is 427 g/mol. The molecule has 4 rings (SSSR count). The predicted molar refractivity (Wildman–Crippen MR) is 119 cm³/mol. The minimum absolute atomic E-state index is 0.0207. The van der Waals surface area contributed by atoms with E-state index in [1.165, 1.54) is 17.3 Å². The fourth-order valence-electron chi connectivity index (χ4n) is 3.19. The number of benzene rings is 2. The Morgan fingerprint density at radius 3 is 2.48 bits per heavy atom. The van der Waals surface area contributed by atoms with Gasteiger partial charge in [-0.3, -0.25) is 14.5 Å². The van der Waals surface area contributed by atoms with Gasteiger partial charge in [-0.2, -0.15) is 0 Å². The molecule has 2 aliphatic rings. The summed E-state index contributed by atoms with van der Waals surface area (Å²) in [5.74, 6) is -0.213. The number of aliphatic imine (C=N–C) groups is 1. The molecule has 29 heavy (non-hydrogen) atoms. The Bertz CT molecular complexity index is 940. The number of amides is 2. The van der Waals surface area contributed by atoms with Crippen LogP contribution in [0.25, 0.3) is 0 Å². The molecule has 2 aromatic carbocycles. The molecular weight excluding hydrogens is 406 g/mol. The van der Waals surface area contributed by atoms with Gasteiger partial charge in [-0.25, -0.2) is 4.99 Å². The zero-order chi connectivity index (χ0) is 20.4. The Hall–Kier alpha value is -2.31. The highest BCUT2D eigenvalue weighted by molar-refractivity contribution is 8.15. The Kier molecular flexibility index (Phi) is 5.92.